The highest BCUT2D eigenvalue weighted by Gasteiger charge is 2.20. The fourth-order valence-corrected chi connectivity index (χ4v) is 3.99. The van der Waals surface area contributed by atoms with Crippen LogP contribution in [0.15, 0.2) is 45.6 Å². The molecular weight excluding hydrogens is 494 g/mol. The van der Waals surface area contributed by atoms with Crippen molar-refractivity contribution < 1.29 is 23.6 Å². The number of nitrogens with zero attached hydrogens (tertiary/aromatic N) is 2. The number of hydrogen-bond donors (Lipinski definition) is 1. The summed E-state index contributed by atoms with van der Waals surface area (Å²) < 4.78 is 17.6. The summed E-state index contributed by atoms with van der Waals surface area (Å²) in [7, 11) is -1.32. The lowest BCUT2D eigenvalue weighted by atomic mass is 10.1. The summed E-state index contributed by atoms with van der Waals surface area (Å²) in [6.07, 6.45) is -0.604. The maximum absolute atomic E-state index is 12.5. The molecule has 0 spiro atoms. The predicted molar refractivity (Wildman–Crippen MR) is 144 cm³/mol. The first kappa shape index (κ1) is 27.7. The Morgan fingerprint density at radius 2 is 1.92 bits per heavy atom. The van der Waals surface area contributed by atoms with E-state index in [0.29, 0.717) is 17.9 Å². The third-order valence-corrected chi connectivity index (χ3v) is 6.74. The number of ether oxygens (including phenoxy) is 2. The Labute approximate surface area is 215 Å². The number of anilines is 1. The normalized spacial score (nSPS) is 11.6. The third kappa shape index (κ3) is 8.06. The molecule has 196 valence electrons. The van der Waals surface area contributed by atoms with Gasteiger partial charge in [0, 0.05) is 38.1 Å². The van der Waals surface area contributed by atoms with Crippen molar-refractivity contribution in [3.05, 3.63) is 68.2 Å². The fourth-order valence-electron chi connectivity index (χ4n) is 3.24. The maximum Gasteiger partial charge on any atom is 0.421 e. The number of non-ortho nitro benzene ring substituents is 1. The number of fused-ring (bicyclic) bond motifs is 1. The Bertz CT molecular complexity index is 1430. The minimum Gasteiger partial charge on any atom is -0.444 e. The number of aromatic nitrogens is 1. The molecule has 0 fully saturated rings. The molecule has 1 heterocycles. The van der Waals surface area contributed by atoms with Crippen molar-refractivity contribution >= 4 is 36.6 Å². The smallest absolute Gasteiger partial charge is 0.421 e. The number of amides is 1. The van der Waals surface area contributed by atoms with Gasteiger partial charge in [-0.05, 0) is 45.0 Å². The van der Waals surface area contributed by atoms with Crippen LogP contribution in [-0.2, 0) is 16.2 Å². The van der Waals surface area contributed by atoms with Crippen LogP contribution in [0.25, 0.3) is 11.1 Å². The molecule has 1 amide bonds. The average molecular weight is 526 g/mol. The van der Waals surface area contributed by atoms with Crippen LogP contribution < -0.4 is 11.1 Å². The van der Waals surface area contributed by atoms with Gasteiger partial charge in [-0.2, -0.15) is 0 Å². The van der Waals surface area contributed by atoms with Crippen molar-refractivity contribution in [2.24, 2.45) is 0 Å². The first-order valence-corrected chi connectivity index (χ1v) is 15.4. The average Bonchev–Trinajstić information content (AvgIpc) is 3.08. The SMILES string of the molecule is CC(C)(C)OC(=O)Nc1cccc(C#Cc2cc([N+](=O)[O-])cc3c2oc(=O)n3COCC[Si](C)(C)C)c1. The highest BCUT2D eigenvalue weighted by molar-refractivity contribution is 6.76. The standard InChI is InChI=1S/C26H31N3O7Si/c1-26(2,3)36-24(30)27-20-9-7-8-18(14-20)10-11-19-15-21(29(32)33)16-22-23(19)35-25(31)28(22)17-34-12-13-37(4,5)6/h7-9,14-16H,12-13,17H2,1-6H3,(H,27,30). The molecule has 0 aliphatic carbocycles. The van der Waals surface area contributed by atoms with Gasteiger partial charge < -0.3 is 13.9 Å². The van der Waals surface area contributed by atoms with Crippen molar-refractivity contribution in [2.45, 2.75) is 58.8 Å². The van der Waals surface area contributed by atoms with Gasteiger partial charge in [0.1, 0.15) is 17.8 Å². The topological polar surface area (TPSA) is 126 Å². The highest BCUT2D eigenvalue weighted by Crippen LogP contribution is 2.25. The molecule has 0 unspecified atom stereocenters. The zero-order valence-corrected chi connectivity index (χ0v) is 22.8. The van der Waals surface area contributed by atoms with Gasteiger partial charge in [-0.3, -0.25) is 15.4 Å². The molecule has 3 rings (SSSR count). The first-order valence-electron chi connectivity index (χ1n) is 11.7. The van der Waals surface area contributed by atoms with Crippen molar-refractivity contribution in [1.29, 1.82) is 0 Å². The van der Waals surface area contributed by atoms with Gasteiger partial charge >= 0.3 is 11.8 Å². The second-order valence-electron chi connectivity index (χ2n) is 10.7. The number of nitro groups is 1. The van der Waals surface area contributed by atoms with E-state index in [4.69, 9.17) is 13.9 Å². The quantitative estimate of drug-likeness (QED) is 0.141. The summed E-state index contributed by atoms with van der Waals surface area (Å²) in [4.78, 5) is 35.6. The van der Waals surface area contributed by atoms with E-state index in [1.807, 2.05) is 0 Å². The second kappa shape index (κ2) is 11.0. The van der Waals surface area contributed by atoms with E-state index in [2.05, 4.69) is 36.8 Å². The molecular formula is C26H31N3O7Si. The summed E-state index contributed by atoms with van der Waals surface area (Å²) in [6, 6.07) is 10.2. The van der Waals surface area contributed by atoms with Gasteiger partial charge in [0.2, 0.25) is 0 Å². The van der Waals surface area contributed by atoms with E-state index < -0.39 is 30.4 Å². The lowest BCUT2D eigenvalue weighted by molar-refractivity contribution is -0.384. The summed E-state index contributed by atoms with van der Waals surface area (Å²) in [5.74, 6) is 5.10. The largest absolute Gasteiger partial charge is 0.444 e. The fraction of sp³-hybridized carbons (Fsp3) is 0.385. The molecule has 10 nitrogen and oxygen atoms in total. The van der Waals surface area contributed by atoms with Crippen LogP contribution in [0.3, 0.4) is 0 Å². The highest BCUT2D eigenvalue weighted by atomic mass is 28.3. The molecule has 1 N–H and O–H groups in total. The Morgan fingerprint density at radius 1 is 1.19 bits per heavy atom. The van der Waals surface area contributed by atoms with E-state index in [1.165, 1.54) is 16.7 Å². The van der Waals surface area contributed by atoms with Crippen LogP contribution in [0.5, 0.6) is 0 Å². The van der Waals surface area contributed by atoms with Gasteiger partial charge in [-0.1, -0.05) is 37.5 Å². The first-order chi connectivity index (χ1) is 17.2. The number of nitro benzene ring substituents is 1. The summed E-state index contributed by atoms with van der Waals surface area (Å²) in [5, 5.41) is 14.2. The monoisotopic (exact) mass is 525 g/mol. The van der Waals surface area contributed by atoms with E-state index in [1.54, 1.807) is 45.0 Å². The Hall–Kier alpha value is -3.88. The molecule has 37 heavy (non-hydrogen) atoms. The molecule has 0 saturated heterocycles. The molecule has 0 saturated carbocycles. The number of oxazole rings is 1. The van der Waals surface area contributed by atoms with Crippen molar-refractivity contribution in [2.75, 3.05) is 11.9 Å². The molecule has 11 heteroatoms. The van der Waals surface area contributed by atoms with Gasteiger partial charge in [-0.25, -0.2) is 14.2 Å². The molecule has 0 aliphatic rings. The number of nitrogens with one attached hydrogen (secondary N) is 1. The lowest BCUT2D eigenvalue weighted by Crippen LogP contribution is -2.27. The minimum atomic E-state index is -1.32. The summed E-state index contributed by atoms with van der Waals surface area (Å²) in [6.45, 7) is 12.3. The molecule has 0 radical (unpaired) electrons. The van der Waals surface area contributed by atoms with E-state index in [9.17, 15) is 19.7 Å². The van der Waals surface area contributed by atoms with E-state index in [0.717, 1.165) is 6.04 Å². The summed E-state index contributed by atoms with van der Waals surface area (Å²) >= 11 is 0. The zero-order valence-electron chi connectivity index (χ0n) is 21.8. The van der Waals surface area contributed by atoms with Gasteiger partial charge in [0.25, 0.3) is 5.69 Å². The molecule has 1 aromatic heterocycles. The van der Waals surface area contributed by atoms with Crippen LogP contribution >= 0.6 is 0 Å². The number of rotatable bonds is 7. The molecule has 2 aromatic carbocycles. The minimum absolute atomic E-state index is 0.0806. The van der Waals surface area contributed by atoms with Crippen molar-refractivity contribution in [3.63, 3.8) is 0 Å². The second-order valence-corrected chi connectivity index (χ2v) is 16.3. The van der Waals surface area contributed by atoms with Crippen LogP contribution in [0.1, 0.15) is 31.9 Å². The zero-order chi connectivity index (χ0) is 27.4. The molecule has 3 aromatic rings. The molecule has 0 bridgehead atoms. The third-order valence-electron chi connectivity index (χ3n) is 5.03. The molecule has 0 atom stereocenters. The molecule has 0 aliphatic heterocycles. The van der Waals surface area contributed by atoms with Crippen LogP contribution in [0.4, 0.5) is 16.2 Å². The lowest BCUT2D eigenvalue weighted by Gasteiger charge is -2.19. The van der Waals surface area contributed by atoms with E-state index >= 15 is 0 Å². The predicted octanol–water partition coefficient (Wildman–Crippen LogP) is 5.56. The van der Waals surface area contributed by atoms with Gasteiger partial charge in [-0.15, -0.1) is 0 Å². The van der Waals surface area contributed by atoms with Crippen LogP contribution in [-0.4, -0.2) is 35.9 Å². The van der Waals surface area contributed by atoms with Crippen molar-refractivity contribution in [1.82, 2.24) is 4.57 Å². The van der Waals surface area contributed by atoms with Gasteiger partial charge in [0.15, 0.2) is 5.58 Å². The number of hydrogen-bond acceptors (Lipinski definition) is 7. The van der Waals surface area contributed by atoms with Crippen molar-refractivity contribution in [3.8, 4) is 11.8 Å². The van der Waals surface area contributed by atoms with Gasteiger partial charge in [0.05, 0.1) is 10.5 Å². The Kier molecular flexibility index (Phi) is 8.25. The number of benzene rings is 2. The Morgan fingerprint density at radius 3 is 2.57 bits per heavy atom. The number of carbonyl (C=O) groups is 1. The maximum atomic E-state index is 12.5. The number of carbonyl (C=O) groups excluding carboxylic acids is 1. The summed E-state index contributed by atoms with van der Waals surface area (Å²) in [5.41, 5.74) is 0.690. The van der Waals surface area contributed by atoms with Crippen LogP contribution in [0.2, 0.25) is 25.7 Å². The van der Waals surface area contributed by atoms with E-state index in [-0.39, 0.29) is 29.1 Å². The Balaban J connectivity index is 1.91. The van der Waals surface area contributed by atoms with Crippen LogP contribution in [0, 0.1) is 22.0 Å².